The predicted octanol–water partition coefficient (Wildman–Crippen LogP) is 1.15. The molecule has 6 nitrogen and oxygen atoms in total. The minimum atomic E-state index is -3.50. The van der Waals surface area contributed by atoms with Crippen LogP contribution in [0.2, 0.25) is 0 Å². The maximum Gasteiger partial charge on any atom is 0.245 e. The lowest BCUT2D eigenvalue weighted by atomic mass is 9.95. The van der Waals surface area contributed by atoms with Crippen LogP contribution in [-0.2, 0) is 21.1 Å². The smallest absolute Gasteiger partial charge is 0.245 e. The van der Waals surface area contributed by atoms with Crippen LogP contribution in [0.4, 0.5) is 5.69 Å². The number of hydrogen-bond acceptors (Lipinski definition) is 5. The molecule has 2 aliphatic heterocycles. The maximum atomic E-state index is 12.7. The van der Waals surface area contributed by atoms with Crippen molar-refractivity contribution in [2.45, 2.75) is 24.0 Å². The molecule has 0 bridgehead atoms. The first-order valence-corrected chi connectivity index (χ1v) is 9.29. The Kier molecular flexibility index (Phi) is 5.23. The Bertz CT molecular complexity index is 699. The normalized spacial score (nSPS) is 19.2. The molecule has 0 unspecified atom stereocenters. The zero-order valence-electron chi connectivity index (χ0n) is 12.9. The number of nitrogens with one attached hydrogen (secondary N) is 2. The number of ether oxygens (including phenoxy) is 1. The van der Waals surface area contributed by atoms with E-state index in [1.807, 2.05) is 12.1 Å². The van der Waals surface area contributed by atoms with Gasteiger partial charge in [-0.25, -0.2) is 8.42 Å². The fourth-order valence-electron chi connectivity index (χ4n) is 3.11. The van der Waals surface area contributed by atoms with E-state index in [1.54, 1.807) is 6.07 Å². The van der Waals surface area contributed by atoms with Gasteiger partial charge in [0.2, 0.25) is 5.91 Å². The quantitative estimate of drug-likeness (QED) is 0.844. The van der Waals surface area contributed by atoms with Crippen molar-refractivity contribution in [3.63, 3.8) is 0 Å². The van der Waals surface area contributed by atoms with Crippen molar-refractivity contribution in [3.8, 4) is 5.75 Å². The van der Waals surface area contributed by atoms with Gasteiger partial charge in [0.25, 0.3) is 0 Å². The summed E-state index contributed by atoms with van der Waals surface area (Å²) in [4.78, 5) is 12.7. The molecule has 2 heterocycles. The maximum absolute atomic E-state index is 12.7. The molecule has 2 aliphatic rings. The second kappa shape index (κ2) is 6.67. The number of fused-ring (bicyclic) bond motifs is 1. The van der Waals surface area contributed by atoms with E-state index in [-0.39, 0.29) is 12.4 Å². The molecule has 0 aliphatic carbocycles. The van der Waals surface area contributed by atoms with Crippen molar-refractivity contribution >= 4 is 33.8 Å². The minimum Gasteiger partial charge on any atom is -0.493 e. The zero-order chi connectivity index (χ0) is 15.8. The number of amides is 1. The lowest BCUT2D eigenvalue weighted by Crippen LogP contribution is -2.55. The monoisotopic (exact) mass is 360 g/mol. The van der Waals surface area contributed by atoms with Gasteiger partial charge in [-0.05, 0) is 49.7 Å². The summed E-state index contributed by atoms with van der Waals surface area (Å²) in [5.41, 5.74) is 1.66. The van der Waals surface area contributed by atoms with Crippen molar-refractivity contribution in [1.82, 2.24) is 5.32 Å². The second-order valence-electron chi connectivity index (χ2n) is 5.89. The molecule has 0 atom stereocenters. The predicted molar refractivity (Wildman–Crippen MR) is 91.2 cm³/mol. The van der Waals surface area contributed by atoms with Crippen molar-refractivity contribution in [2.24, 2.45) is 0 Å². The number of piperidine rings is 1. The van der Waals surface area contributed by atoms with E-state index < -0.39 is 20.5 Å². The van der Waals surface area contributed by atoms with Crippen LogP contribution in [0.5, 0.6) is 5.75 Å². The molecule has 1 aromatic carbocycles. The standard InChI is InChI=1S/C15H20N2O4S.ClH/c1-22(19,20)15(5-7-16-8-6-15)14(18)17-12-2-3-13-11(10-12)4-9-21-13;/h2-3,10,16H,4-9H2,1H3,(H,17,18);1H. The number of carbonyl (C=O) groups is 1. The number of benzene rings is 1. The average Bonchev–Trinajstić information content (AvgIpc) is 2.94. The van der Waals surface area contributed by atoms with Gasteiger partial charge in [-0.2, -0.15) is 0 Å². The molecule has 128 valence electrons. The van der Waals surface area contributed by atoms with Gasteiger partial charge in [0.05, 0.1) is 6.61 Å². The highest BCUT2D eigenvalue weighted by molar-refractivity contribution is 7.92. The molecule has 0 spiro atoms. The van der Waals surface area contributed by atoms with Gasteiger partial charge < -0.3 is 15.4 Å². The molecule has 0 saturated carbocycles. The Morgan fingerprint density at radius 1 is 1.30 bits per heavy atom. The Morgan fingerprint density at radius 3 is 2.65 bits per heavy atom. The summed E-state index contributed by atoms with van der Waals surface area (Å²) < 4.78 is 28.5. The molecular formula is C15H21ClN2O4S. The minimum absolute atomic E-state index is 0. The Hall–Kier alpha value is -1.31. The zero-order valence-corrected chi connectivity index (χ0v) is 14.6. The highest BCUT2D eigenvalue weighted by Gasteiger charge is 2.48. The van der Waals surface area contributed by atoms with Crippen molar-refractivity contribution in [3.05, 3.63) is 23.8 Å². The van der Waals surface area contributed by atoms with Crippen LogP contribution in [0.3, 0.4) is 0 Å². The molecular weight excluding hydrogens is 340 g/mol. The van der Waals surface area contributed by atoms with Gasteiger partial charge in [-0.3, -0.25) is 4.79 Å². The summed E-state index contributed by atoms with van der Waals surface area (Å²) in [5, 5.41) is 5.89. The highest BCUT2D eigenvalue weighted by Crippen LogP contribution is 2.31. The van der Waals surface area contributed by atoms with E-state index >= 15 is 0 Å². The van der Waals surface area contributed by atoms with E-state index in [4.69, 9.17) is 4.74 Å². The van der Waals surface area contributed by atoms with E-state index in [0.29, 0.717) is 38.2 Å². The van der Waals surface area contributed by atoms with E-state index in [1.165, 1.54) is 0 Å². The largest absolute Gasteiger partial charge is 0.493 e. The fraction of sp³-hybridized carbons (Fsp3) is 0.533. The molecule has 1 fully saturated rings. The van der Waals surface area contributed by atoms with Gasteiger partial charge in [0, 0.05) is 18.4 Å². The summed E-state index contributed by atoms with van der Waals surface area (Å²) in [6, 6.07) is 5.42. The van der Waals surface area contributed by atoms with Crippen LogP contribution in [-0.4, -0.2) is 45.0 Å². The molecule has 1 amide bonds. The Balaban J connectivity index is 0.00000192. The van der Waals surface area contributed by atoms with Crippen molar-refractivity contribution in [2.75, 3.05) is 31.3 Å². The number of anilines is 1. The van der Waals surface area contributed by atoms with Gasteiger partial charge >= 0.3 is 0 Å². The number of rotatable bonds is 3. The third kappa shape index (κ3) is 3.32. The Labute approximate surface area is 142 Å². The average molecular weight is 361 g/mol. The van der Waals surface area contributed by atoms with Gasteiger partial charge in [-0.15, -0.1) is 12.4 Å². The fourth-order valence-corrected chi connectivity index (χ4v) is 4.44. The molecule has 8 heteroatoms. The topological polar surface area (TPSA) is 84.5 Å². The third-order valence-corrected chi connectivity index (χ3v) is 6.50. The van der Waals surface area contributed by atoms with Gasteiger partial charge in [0.15, 0.2) is 14.6 Å². The van der Waals surface area contributed by atoms with Crippen LogP contribution in [0.1, 0.15) is 18.4 Å². The van der Waals surface area contributed by atoms with E-state index in [9.17, 15) is 13.2 Å². The summed E-state index contributed by atoms with van der Waals surface area (Å²) in [6.07, 6.45) is 2.55. The van der Waals surface area contributed by atoms with Gasteiger partial charge in [0.1, 0.15) is 5.75 Å². The summed E-state index contributed by atoms with van der Waals surface area (Å²) >= 11 is 0. The number of hydrogen-bond donors (Lipinski definition) is 2. The number of sulfone groups is 1. The second-order valence-corrected chi connectivity index (χ2v) is 8.22. The van der Waals surface area contributed by atoms with Crippen LogP contribution in [0.25, 0.3) is 0 Å². The summed E-state index contributed by atoms with van der Waals surface area (Å²) in [7, 11) is -3.50. The number of halogens is 1. The highest BCUT2D eigenvalue weighted by atomic mass is 35.5. The first-order valence-electron chi connectivity index (χ1n) is 7.40. The van der Waals surface area contributed by atoms with Crippen LogP contribution in [0, 0.1) is 0 Å². The van der Waals surface area contributed by atoms with E-state index in [0.717, 1.165) is 24.0 Å². The van der Waals surface area contributed by atoms with Crippen LogP contribution < -0.4 is 15.4 Å². The molecule has 1 saturated heterocycles. The third-order valence-electron chi connectivity index (χ3n) is 4.48. The van der Waals surface area contributed by atoms with Crippen LogP contribution in [0.15, 0.2) is 18.2 Å². The lowest BCUT2D eigenvalue weighted by Gasteiger charge is -2.34. The molecule has 2 N–H and O–H groups in total. The Morgan fingerprint density at radius 2 is 2.00 bits per heavy atom. The van der Waals surface area contributed by atoms with Crippen molar-refractivity contribution in [1.29, 1.82) is 0 Å². The first-order chi connectivity index (χ1) is 10.4. The molecule has 1 aromatic rings. The SMILES string of the molecule is CS(=O)(=O)C1(C(=O)Nc2ccc3c(c2)CCO3)CCNCC1.Cl. The molecule has 0 radical (unpaired) electrons. The molecule has 0 aromatic heterocycles. The molecule has 3 rings (SSSR count). The van der Waals surface area contributed by atoms with E-state index in [2.05, 4.69) is 10.6 Å². The first kappa shape index (κ1) is 18.0. The summed E-state index contributed by atoms with van der Waals surface area (Å²) in [6.45, 7) is 1.70. The number of carbonyl (C=O) groups excluding carboxylic acids is 1. The molecule has 23 heavy (non-hydrogen) atoms. The lowest BCUT2D eigenvalue weighted by molar-refractivity contribution is -0.119. The van der Waals surface area contributed by atoms with Crippen LogP contribution >= 0.6 is 12.4 Å². The van der Waals surface area contributed by atoms with Gasteiger partial charge in [-0.1, -0.05) is 0 Å². The summed E-state index contributed by atoms with van der Waals surface area (Å²) in [5.74, 6) is 0.396. The van der Waals surface area contributed by atoms with Crippen molar-refractivity contribution < 1.29 is 17.9 Å².